The third-order valence-electron chi connectivity index (χ3n) is 5.37. The lowest BCUT2D eigenvalue weighted by Crippen LogP contribution is -2.39. The Balaban J connectivity index is 1.44. The smallest absolute Gasteiger partial charge is 0.227 e. The molecule has 1 saturated carbocycles. The number of imidazole rings is 1. The zero-order valence-electron chi connectivity index (χ0n) is 17.5. The van der Waals surface area contributed by atoms with Crippen molar-refractivity contribution in [2.45, 2.75) is 37.2 Å². The Morgan fingerprint density at radius 1 is 1.27 bits per heavy atom. The van der Waals surface area contributed by atoms with E-state index in [9.17, 15) is 8.42 Å². The number of aromatic nitrogens is 2. The third kappa shape index (κ3) is 4.96. The van der Waals surface area contributed by atoms with E-state index in [0.29, 0.717) is 32.8 Å². The van der Waals surface area contributed by atoms with Gasteiger partial charge >= 0.3 is 0 Å². The van der Waals surface area contributed by atoms with Crippen molar-refractivity contribution in [3.05, 3.63) is 36.2 Å². The highest BCUT2D eigenvalue weighted by Crippen LogP contribution is 2.33. The van der Waals surface area contributed by atoms with Crippen molar-refractivity contribution in [1.29, 1.82) is 0 Å². The molecule has 30 heavy (non-hydrogen) atoms. The van der Waals surface area contributed by atoms with Crippen LogP contribution in [0, 0.1) is 5.92 Å². The molecule has 1 aromatic heterocycles. The summed E-state index contributed by atoms with van der Waals surface area (Å²) in [5.74, 6) is 1.97. The van der Waals surface area contributed by atoms with Gasteiger partial charge in [0.25, 0.3) is 0 Å². The Bertz CT molecular complexity index is 971. The minimum Gasteiger partial charge on any atom is -0.486 e. The highest BCUT2D eigenvalue weighted by Gasteiger charge is 2.32. The number of hydrogen-bond donors (Lipinski definition) is 0. The molecule has 0 spiro atoms. The molecule has 9 heteroatoms. The number of fused-ring (bicyclic) bond motifs is 1. The van der Waals surface area contributed by atoms with Crippen LogP contribution in [0.25, 0.3) is 0 Å². The molecule has 1 atom stereocenters. The van der Waals surface area contributed by atoms with Gasteiger partial charge in [0.05, 0.1) is 24.3 Å². The van der Waals surface area contributed by atoms with Crippen molar-refractivity contribution >= 4 is 9.84 Å². The molecule has 1 aliphatic heterocycles. The van der Waals surface area contributed by atoms with Gasteiger partial charge in [-0.15, -0.1) is 0 Å². The van der Waals surface area contributed by atoms with E-state index in [1.165, 1.54) is 0 Å². The molecule has 0 N–H and O–H groups in total. The molecule has 2 aliphatic rings. The van der Waals surface area contributed by atoms with Crippen LogP contribution in [0.1, 0.15) is 18.5 Å². The van der Waals surface area contributed by atoms with E-state index in [-0.39, 0.29) is 22.9 Å². The fourth-order valence-corrected chi connectivity index (χ4v) is 5.56. The quantitative estimate of drug-likeness (QED) is 0.564. The monoisotopic (exact) mass is 435 g/mol. The number of nitrogens with zero attached hydrogens (tertiary/aromatic N) is 3. The second-order valence-electron chi connectivity index (χ2n) is 8.10. The Morgan fingerprint density at radius 3 is 2.77 bits per heavy atom. The molecule has 1 aliphatic carbocycles. The van der Waals surface area contributed by atoms with Crippen molar-refractivity contribution in [3.63, 3.8) is 0 Å². The van der Waals surface area contributed by atoms with Crippen LogP contribution in [0.4, 0.5) is 0 Å². The number of hydrogen-bond acceptors (Lipinski definition) is 7. The Morgan fingerprint density at radius 2 is 2.03 bits per heavy atom. The third-order valence-corrected chi connectivity index (χ3v) is 7.16. The molecule has 1 aromatic carbocycles. The standard InChI is InChI=1S/C21H29N3O5S/c1-23(13-18-14-28-19-5-3-4-6-20(19)29-18)12-17-11-22-21(24(17)9-10-27-2)30(25,26)15-16-7-8-16/h3-6,11,16,18H,7-10,12-15H2,1-2H3/t18-/m1/s1. The van der Waals surface area contributed by atoms with Crippen LogP contribution >= 0.6 is 0 Å². The van der Waals surface area contributed by atoms with Gasteiger partial charge in [-0.2, -0.15) is 0 Å². The molecule has 2 aromatic rings. The zero-order chi connectivity index (χ0) is 21.1. The second kappa shape index (κ2) is 8.95. The van der Waals surface area contributed by atoms with Gasteiger partial charge in [-0.05, 0) is 37.9 Å². The fraction of sp³-hybridized carbons (Fsp3) is 0.571. The SMILES string of the molecule is COCCn1c(CN(C)C[C@@H]2COc3ccccc3O2)cnc1S(=O)(=O)CC1CC1. The Kier molecular flexibility index (Phi) is 6.31. The molecular formula is C21H29N3O5S. The first-order valence-corrected chi connectivity index (χ1v) is 11.9. The lowest BCUT2D eigenvalue weighted by molar-refractivity contribution is 0.0631. The average molecular weight is 436 g/mol. The molecule has 4 rings (SSSR count). The molecule has 8 nitrogen and oxygen atoms in total. The largest absolute Gasteiger partial charge is 0.486 e. The van der Waals surface area contributed by atoms with E-state index in [1.54, 1.807) is 17.9 Å². The summed E-state index contributed by atoms with van der Waals surface area (Å²) in [6.45, 7) is 2.56. The van der Waals surface area contributed by atoms with E-state index < -0.39 is 9.84 Å². The molecule has 0 radical (unpaired) electrons. The van der Waals surface area contributed by atoms with Crippen molar-refractivity contribution in [3.8, 4) is 11.5 Å². The zero-order valence-corrected chi connectivity index (χ0v) is 18.3. The lowest BCUT2D eigenvalue weighted by Gasteiger charge is -2.29. The van der Waals surface area contributed by atoms with Crippen LogP contribution in [0.15, 0.2) is 35.6 Å². The molecule has 0 amide bonds. The summed E-state index contributed by atoms with van der Waals surface area (Å²) in [4.78, 5) is 6.38. The first-order valence-electron chi connectivity index (χ1n) is 10.3. The summed E-state index contributed by atoms with van der Waals surface area (Å²) < 4.78 is 44.5. The average Bonchev–Trinajstić information content (AvgIpc) is 3.43. The van der Waals surface area contributed by atoms with Crippen LogP contribution in [0.2, 0.25) is 0 Å². The molecule has 164 valence electrons. The highest BCUT2D eigenvalue weighted by atomic mass is 32.2. The van der Waals surface area contributed by atoms with Crippen LogP contribution in [0.3, 0.4) is 0 Å². The fourth-order valence-electron chi connectivity index (χ4n) is 3.70. The predicted octanol–water partition coefficient (Wildman–Crippen LogP) is 1.98. The van der Waals surface area contributed by atoms with Crippen LogP contribution < -0.4 is 9.47 Å². The number of rotatable bonds is 10. The number of sulfone groups is 1. The first kappa shape index (κ1) is 21.1. The molecule has 2 heterocycles. The normalized spacial score (nSPS) is 18.7. The van der Waals surface area contributed by atoms with Gasteiger partial charge in [0.2, 0.25) is 15.0 Å². The number of methoxy groups -OCH3 is 1. The summed E-state index contributed by atoms with van der Waals surface area (Å²) in [5, 5.41) is 0.154. The van der Waals surface area contributed by atoms with Gasteiger partial charge in [-0.1, -0.05) is 12.1 Å². The molecule has 0 bridgehead atoms. The van der Waals surface area contributed by atoms with E-state index in [2.05, 4.69) is 9.88 Å². The molecule has 0 unspecified atom stereocenters. The lowest BCUT2D eigenvalue weighted by atomic mass is 10.2. The summed E-state index contributed by atoms with van der Waals surface area (Å²) in [6.07, 6.45) is 3.54. The van der Waals surface area contributed by atoms with Crippen molar-refractivity contribution < 1.29 is 22.6 Å². The van der Waals surface area contributed by atoms with Crippen LogP contribution in [-0.4, -0.2) is 68.6 Å². The van der Waals surface area contributed by atoms with E-state index in [0.717, 1.165) is 30.0 Å². The Labute approximate surface area is 177 Å². The van der Waals surface area contributed by atoms with E-state index in [4.69, 9.17) is 14.2 Å². The number of likely N-dealkylation sites (N-methyl/N-ethyl adjacent to an activating group) is 1. The van der Waals surface area contributed by atoms with Crippen molar-refractivity contribution in [2.24, 2.45) is 5.92 Å². The van der Waals surface area contributed by atoms with E-state index >= 15 is 0 Å². The second-order valence-corrected chi connectivity index (χ2v) is 10.0. The first-order chi connectivity index (χ1) is 14.5. The maximum Gasteiger partial charge on any atom is 0.227 e. The maximum absolute atomic E-state index is 12.8. The van der Waals surface area contributed by atoms with E-state index in [1.807, 2.05) is 31.3 Å². The summed E-state index contributed by atoms with van der Waals surface area (Å²) in [6, 6.07) is 7.64. The summed E-state index contributed by atoms with van der Waals surface area (Å²) in [5.41, 5.74) is 0.848. The minimum absolute atomic E-state index is 0.0988. The van der Waals surface area contributed by atoms with Crippen LogP contribution in [0.5, 0.6) is 11.5 Å². The van der Waals surface area contributed by atoms with Crippen molar-refractivity contribution in [1.82, 2.24) is 14.5 Å². The van der Waals surface area contributed by atoms with Gasteiger partial charge in [0.15, 0.2) is 11.5 Å². The Hall–Kier alpha value is -2.10. The molecule has 1 fully saturated rings. The highest BCUT2D eigenvalue weighted by molar-refractivity contribution is 7.91. The minimum atomic E-state index is -3.40. The van der Waals surface area contributed by atoms with Gasteiger partial charge in [0, 0.05) is 26.7 Å². The molecular weight excluding hydrogens is 406 g/mol. The number of benzene rings is 1. The topological polar surface area (TPSA) is 82.9 Å². The molecule has 0 saturated heterocycles. The van der Waals surface area contributed by atoms with Gasteiger partial charge in [-0.3, -0.25) is 4.90 Å². The van der Waals surface area contributed by atoms with Crippen molar-refractivity contribution in [2.75, 3.05) is 39.7 Å². The summed E-state index contributed by atoms with van der Waals surface area (Å²) in [7, 11) is 0.192. The number of ether oxygens (including phenoxy) is 3. The van der Waals surface area contributed by atoms with Gasteiger partial charge in [0.1, 0.15) is 12.7 Å². The predicted molar refractivity (Wildman–Crippen MR) is 112 cm³/mol. The summed E-state index contributed by atoms with van der Waals surface area (Å²) >= 11 is 0. The van der Waals surface area contributed by atoms with Gasteiger partial charge in [-0.25, -0.2) is 13.4 Å². The van der Waals surface area contributed by atoms with Crippen LogP contribution in [-0.2, 0) is 27.7 Å². The maximum atomic E-state index is 12.8. The number of para-hydroxylation sites is 2. The van der Waals surface area contributed by atoms with Gasteiger partial charge < -0.3 is 18.8 Å².